The van der Waals surface area contributed by atoms with Crippen LogP contribution < -0.4 is 5.32 Å². The number of hydrogen-bond donors (Lipinski definition) is 1. The molecule has 1 aliphatic rings. The molecule has 1 aromatic carbocycles. The van der Waals surface area contributed by atoms with Crippen LogP contribution in [0.2, 0.25) is 31.0 Å². The van der Waals surface area contributed by atoms with Gasteiger partial charge >= 0.3 is 6.09 Å². The Morgan fingerprint density at radius 3 is 2.51 bits per heavy atom. The van der Waals surface area contributed by atoms with E-state index in [1.165, 1.54) is 0 Å². The quantitative estimate of drug-likeness (QED) is 0.203. The van der Waals surface area contributed by atoms with E-state index in [0.29, 0.717) is 31.3 Å². The normalized spacial score (nSPS) is 13.5. The number of fused-ring (bicyclic) bond motifs is 1. The molecular weight excluding hydrogens is 508 g/mol. The molecule has 0 unspecified atom stereocenters. The van der Waals surface area contributed by atoms with Gasteiger partial charge in [0.25, 0.3) is 0 Å². The van der Waals surface area contributed by atoms with E-state index in [2.05, 4.69) is 40.0 Å². The summed E-state index contributed by atoms with van der Waals surface area (Å²) in [5.74, 6) is 0.581. The van der Waals surface area contributed by atoms with Crippen LogP contribution in [0.3, 0.4) is 0 Å². The van der Waals surface area contributed by atoms with Crippen LogP contribution in [0.5, 0.6) is 0 Å². The first kappa shape index (κ1) is 27.1. The smallest absolute Gasteiger partial charge is 0.410 e. The summed E-state index contributed by atoms with van der Waals surface area (Å²) in [4.78, 5) is 22.9. The number of nitrogens with zero attached hydrogens (tertiary/aromatic N) is 5. The highest BCUT2D eigenvalue weighted by Gasteiger charge is 2.31. The monoisotopic (exact) mass is 542 g/mol. The first-order valence-electron chi connectivity index (χ1n) is 12.4. The second-order valence-electron chi connectivity index (χ2n) is 11.4. The second kappa shape index (κ2) is 10.8. The van der Waals surface area contributed by atoms with Gasteiger partial charge in [-0.15, -0.1) is 0 Å². The van der Waals surface area contributed by atoms with Gasteiger partial charge in [-0.1, -0.05) is 31.8 Å². The number of aromatic nitrogens is 4. The minimum absolute atomic E-state index is 0.128. The zero-order chi connectivity index (χ0) is 26.8. The zero-order valence-corrected chi connectivity index (χ0v) is 24.1. The Hall–Kier alpha value is -2.95. The molecule has 0 saturated carbocycles. The molecule has 4 rings (SSSR count). The summed E-state index contributed by atoms with van der Waals surface area (Å²) in [6.07, 6.45) is 3.44. The summed E-state index contributed by atoms with van der Waals surface area (Å²) >= 11 is 6.19. The van der Waals surface area contributed by atoms with Gasteiger partial charge in [0.05, 0.1) is 25.0 Å². The van der Waals surface area contributed by atoms with Gasteiger partial charge in [-0.05, 0) is 56.1 Å². The Bertz CT molecular complexity index is 1250. The van der Waals surface area contributed by atoms with E-state index in [-0.39, 0.29) is 11.4 Å². The van der Waals surface area contributed by atoms with Crippen LogP contribution in [-0.2, 0) is 29.3 Å². The van der Waals surface area contributed by atoms with Crippen molar-refractivity contribution in [3.8, 4) is 11.1 Å². The summed E-state index contributed by atoms with van der Waals surface area (Å²) in [6.45, 7) is 14.4. The van der Waals surface area contributed by atoms with Crippen molar-refractivity contribution in [2.24, 2.45) is 0 Å². The molecule has 0 atom stereocenters. The van der Waals surface area contributed by atoms with Crippen LogP contribution >= 0.6 is 11.6 Å². The average Bonchev–Trinajstić information content (AvgIpc) is 3.43. The predicted octanol–water partition coefficient (Wildman–Crippen LogP) is 6.30. The summed E-state index contributed by atoms with van der Waals surface area (Å²) < 4.78 is 13.1. The van der Waals surface area contributed by atoms with Crippen LogP contribution in [0.1, 0.15) is 32.0 Å². The first-order chi connectivity index (χ1) is 17.4. The molecule has 37 heavy (non-hydrogen) atoms. The lowest BCUT2D eigenvalue weighted by atomic mass is 10.1. The average molecular weight is 543 g/mol. The second-order valence-corrected chi connectivity index (χ2v) is 17.4. The van der Waals surface area contributed by atoms with Crippen LogP contribution in [0.25, 0.3) is 11.1 Å². The summed E-state index contributed by atoms with van der Waals surface area (Å²) in [7, 11) is -1.10. The fourth-order valence-corrected chi connectivity index (χ4v) is 4.73. The third-order valence-electron chi connectivity index (χ3n) is 5.74. The van der Waals surface area contributed by atoms with Crippen molar-refractivity contribution in [2.75, 3.05) is 11.9 Å². The summed E-state index contributed by atoms with van der Waals surface area (Å²) in [5.41, 5.74) is 3.87. The highest BCUT2D eigenvalue weighted by atomic mass is 35.5. The maximum Gasteiger partial charge on any atom is 0.410 e. The molecule has 198 valence electrons. The summed E-state index contributed by atoms with van der Waals surface area (Å²) in [6, 6.07) is 9.12. The van der Waals surface area contributed by atoms with Crippen molar-refractivity contribution in [3.63, 3.8) is 0 Å². The molecule has 1 amide bonds. The zero-order valence-electron chi connectivity index (χ0n) is 22.3. The molecule has 1 N–H and O–H groups in total. The third kappa shape index (κ3) is 7.53. The van der Waals surface area contributed by atoms with Crippen molar-refractivity contribution in [1.29, 1.82) is 0 Å². The lowest BCUT2D eigenvalue weighted by molar-refractivity contribution is 0.0241. The Morgan fingerprint density at radius 2 is 1.84 bits per heavy atom. The molecule has 0 fully saturated rings. The summed E-state index contributed by atoms with van der Waals surface area (Å²) in [5, 5.41) is 7.88. The number of rotatable bonds is 8. The largest absolute Gasteiger partial charge is 0.444 e. The van der Waals surface area contributed by atoms with Gasteiger partial charge in [0.2, 0.25) is 5.28 Å². The molecular formula is C26H35ClN6O3Si. The molecule has 1 aliphatic heterocycles. The number of amides is 1. The van der Waals surface area contributed by atoms with Gasteiger partial charge in [0.15, 0.2) is 0 Å². The molecule has 0 spiro atoms. The van der Waals surface area contributed by atoms with Crippen molar-refractivity contribution in [3.05, 3.63) is 53.2 Å². The Kier molecular flexibility index (Phi) is 7.91. The Labute approximate surface area is 224 Å². The number of halogens is 1. The van der Waals surface area contributed by atoms with Gasteiger partial charge in [-0.2, -0.15) is 5.10 Å². The molecule has 11 heteroatoms. The van der Waals surface area contributed by atoms with E-state index in [0.717, 1.165) is 35.0 Å². The van der Waals surface area contributed by atoms with E-state index in [9.17, 15) is 4.79 Å². The number of carbonyl (C=O) groups is 1. The topological polar surface area (TPSA) is 94.4 Å². The van der Waals surface area contributed by atoms with E-state index in [4.69, 9.17) is 21.1 Å². The van der Waals surface area contributed by atoms with Crippen LogP contribution in [0, 0.1) is 0 Å². The fraction of sp³-hybridized carbons (Fsp3) is 0.462. The molecule has 0 saturated heterocycles. The van der Waals surface area contributed by atoms with Gasteiger partial charge in [-0.3, -0.25) is 4.90 Å². The maximum absolute atomic E-state index is 12.6. The number of benzene rings is 1. The highest BCUT2D eigenvalue weighted by molar-refractivity contribution is 6.76. The van der Waals surface area contributed by atoms with Crippen LogP contribution in [-0.4, -0.2) is 51.0 Å². The predicted molar refractivity (Wildman–Crippen MR) is 148 cm³/mol. The number of carbonyl (C=O) groups excluding carboxylic acids is 1. The number of anilines is 2. The van der Waals surface area contributed by atoms with Crippen molar-refractivity contribution >= 4 is 37.3 Å². The van der Waals surface area contributed by atoms with Gasteiger partial charge in [-0.25, -0.2) is 19.4 Å². The highest BCUT2D eigenvalue weighted by Crippen LogP contribution is 2.31. The Morgan fingerprint density at radius 1 is 1.11 bits per heavy atom. The molecule has 3 aromatic rings. The molecule has 0 bridgehead atoms. The van der Waals surface area contributed by atoms with Crippen LogP contribution in [0.15, 0.2) is 36.7 Å². The third-order valence-corrected chi connectivity index (χ3v) is 7.61. The van der Waals surface area contributed by atoms with E-state index >= 15 is 0 Å². The molecule has 0 radical (unpaired) electrons. The lowest BCUT2D eigenvalue weighted by Gasteiger charge is -2.24. The number of hydrogen-bond acceptors (Lipinski definition) is 7. The standard InChI is InChI=1S/C26H35ClN6O3Si/c1-26(2,3)36-25(34)32-15-21-22(16-32)30-24(27)31-23(21)29-20-9-7-18(8-10-20)19-13-28-33(14-19)17-35-11-12-37(4,5)6/h7-10,13-14H,11-12,15-17H2,1-6H3,(H,29,30,31). The van der Waals surface area contributed by atoms with Crippen molar-refractivity contribution in [2.45, 2.75) is 71.9 Å². The van der Waals surface area contributed by atoms with Gasteiger partial charge in [0.1, 0.15) is 18.1 Å². The minimum Gasteiger partial charge on any atom is -0.444 e. The molecule has 9 nitrogen and oxygen atoms in total. The number of nitrogens with one attached hydrogen (secondary N) is 1. The van der Waals surface area contributed by atoms with Gasteiger partial charge < -0.3 is 14.8 Å². The van der Waals surface area contributed by atoms with Crippen molar-refractivity contribution < 1.29 is 14.3 Å². The Balaban J connectivity index is 1.40. The lowest BCUT2D eigenvalue weighted by Crippen LogP contribution is -2.33. The minimum atomic E-state index is -1.10. The van der Waals surface area contributed by atoms with E-state index in [1.54, 1.807) is 4.90 Å². The van der Waals surface area contributed by atoms with Crippen LogP contribution in [0.4, 0.5) is 16.3 Å². The van der Waals surface area contributed by atoms with Crippen molar-refractivity contribution in [1.82, 2.24) is 24.6 Å². The number of ether oxygens (including phenoxy) is 2. The molecule has 0 aliphatic carbocycles. The fourth-order valence-electron chi connectivity index (χ4n) is 3.79. The van der Waals surface area contributed by atoms with Gasteiger partial charge in [0, 0.05) is 37.7 Å². The maximum atomic E-state index is 12.6. The molecule has 3 heterocycles. The SMILES string of the molecule is CC(C)(C)OC(=O)N1Cc2nc(Cl)nc(Nc3ccc(-c4cnn(COCC[Si](C)(C)C)c4)cc3)c2C1. The van der Waals surface area contributed by atoms with E-state index in [1.807, 2.05) is 62.1 Å². The van der Waals surface area contributed by atoms with E-state index < -0.39 is 13.7 Å². The molecule has 2 aromatic heterocycles. The first-order valence-corrected chi connectivity index (χ1v) is 16.5.